The number of hydrogen-bond donors (Lipinski definition) is 5. The first kappa shape index (κ1) is 50.4. The molecule has 5 N–H and O–H groups in total. The van der Waals surface area contributed by atoms with Crippen molar-refractivity contribution in [1.29, 1.82) is 5.41 Å². The van der Waals surface area contributed by atoms with E-state index in [1.807, 2.05) is 63.2 Å². The Morgan fingerprint density at radius 1 is 0.623 bits per heavy atom. The highest BCUT2D eigenvalue weighted by Crippen LogP contribution is 2.35. The van der Waals surface area contributed by atoms with E-state index in [1.165, 1.54) is 19.5 Å². The number of halogens is 2. The number of hydrogen-bond acceptors (Lipinski definition) is 12. The van der Waals surface area contributed by atoms with Gasteiger partial charge < -0.3 is 45.6 Å². The molecule has 6 aromatic rings. The predicted octanol–water partition coefficient (Wildman–Crippen LogP) is 8.20. The number of ether oxygens (including phenoxy) is 1. The molecule has 1 aliphatic heterocycles. The smallest absolute Gasteiger partial charge is 0.259 e. The van der Waals surface area contributed by atoms with Crippen LogP contribution in [-0.2, 0) is 0 Å². The summed E-state index contributed by atoms with van der Waals surface area (Å²) in [4.78, 5) is 72.5. The van der Waals surface area contributed by atoms with E-state index in [9.17, 15) is 19.2 Å². The minimum Gasteiger partial charge on any atom is -0.494 e. The summed E-state index contributed by atoms with van der Waals surface area (Å²) in [7, 11) is 14.5. The first-order chi connectivity index (χ1) is 32.9. The summed E-state index contributed by atoms with van der Waals surface area (Å²) in [5.74, 6) is 0.642. The highest BCUT2D eigenvalue weighted by Gasteiger charge is 2.23. The molecule has 0 radical (unpaired) electrons. The third-order valence-electron chi connectivity index (χ3n) is 10.6. The number of rotatable bonds is 13. The van der Waals surface area contributed by atoms with Gasteiger partial charge in [-0.05, 0) is 72.8 Å². The van der Waals surface area contributed by atoms with E-state index in [-0.39, 0.29) is 28.6 Å². The molecule has 0 atom stereocenters. The Hall–Kier alpha value is -8.02. The lowest BCUT2D eigenvalue weighted by Gasteiger charge is -2.20. The zero-order valence-electron chi connectivity index (χ0n) is 39.3. The predicted molar refractivity (Wildman–Crippen MR) is 276 cm³/mol. The number of carbonyl (C=O) groups excluding carboxylic acids is 4. The number of likely N-dealkylation sites (N-methyl/N-ethyl adjacent to an activating group) is 1. The number of pyridine rings is 2. The van der Waals surface area contributed by atoms with Crippen LogP contribution in [0.4, 0.5) is 34.4 Å². The molecule has 0 saturated carbocycles. The van der Waals surface area contributed by atoms with E-state index in [0.29, 0.717) is 55.6 Å². The Labute approximate surface area is 410 Å². The van der Waals surface area contributed by atoms with Crippen molar-refractivity contribution in [3.63, 3.8) is 0 Å². The molecule has 0 spiro atoms. The van der Waals surface area contributed by atoms with Gasteiger partial charge in [-0.15, -0.1) is 0 Å². The zero-order chi connectivity index (χ0) is 49.9. The van der Waals surface area contributed by atoms with Crippen LogP contribution in [0, 0.1) is 5.41 Å². The largest absolute Gasteiger partial charge is 0.494 e. The van der Waals surface area contributed by atoms with Crippen LogP contribution in [-0.4, -0.2) is 125 Å². The highest BCUT2D eigenvalue weighted by atomic mass is 35.5. The lowest BCUT2D eigenvalue weighted by atomic mass is 10.1. The molecule has 4 aromatic carbocycles. The molecule has 7 rings (SSSR count). The molecule has 2 aromatic heterocycles. The van der Waals surface area contributed by atoms with Gasteiger partial charge in [0.25, 0.3) is 23.6 Å². The summed E-state index contributed by atoms with van der Waals surface area (Å²) in [6.45, 7) is 1.63. The van der Waals surface area contributed by atoms with Gasteiger partial charge in [0.05, 0.1) is 46.2 Å². The lowest BCUT2D eigenvalue weighted by molar-refractivity contribution is 0.101. The van der Waals surface area contributed by atoms with Gasteiger partial charge in [-0.3, -0.25) is 29.6 Å². The summed E-state index contributed by atoms with van der Waals surface area (Å²) in [6.07, 6.45) is 2.88. The summed E-state index contributed by atoms with van der Waals surface area (Å²) < 4.78 is 5.55. The maximum absolute atomic E-state index is 13.3. The summed E-state index contributed by atoms with van der Waals surface area (Å²) in [6, 6.07) is 29.0. The molecule has 19 heteroatoms. The summed E-state index contributed by atoms with van der Waals surface area (Å²) in [5, 5.41) is 20.1. The van der Waals surface area contributed by atoms with E-state index >= 15 is 0 Å². The van der Waals surface area contributed by atoms with Crippen LogP contribution in [0.25, 0.3) is 0 Å². The average Bonchev–Trinajstić information content (AvgIpc) is 3.78. The first-order valence-corrected chi connectivity index (χ1v) is 22.1. The third kappa shape index (κ3) is 12.9. The van der Waals surface area contributed by atoms with Gasteiger partial charge >= 0.3 is 0 Å². The molecule has 356 valence electrons. The Morgan fingerprint density at radius 3 is 1.64 bits per heavy atom. The number of carbonyl (C=O) groups is 4. The highest BCUT2D eigenvalue weighted by molar-refractivity contribution is 6.30. The van der Waals surface area contributed by atoms with Gasteiger partial charge in [0.15, 0.2) is 0 Å². The molecule has 1 aliphatic rings. The topological polar surface area (TPSA) is 201 Å². The van der Waals surface area contributed by atoms with Crippen molar-refractivity contribution in [3.8, 4) is 5.75 Å². The Morgan fingerprint density at radius 2 is 1.14 bits per heavy atom. The van der Waals surface area contributed by atoms with E-state index in [2.05, 4.69) is 41.1 Å². The van der Waals surface area contributed by atoms with Crippen molar-refractivity contribution >= 4 is 92.9 Å². The fourth-order valence-electron chi connectivity index (χ4n) is 6.73. The van der Waals surface area contributed by atoms with Crippen molar-refractivity contribution in [2.75, 3.05) is 101 Å². The molecule has 0 aliphatic carbocycles. The number of nitrogens with zero attached hydrogens (tertiary/aromatic N) is 7. The molecule has 0 unspecified atom stereocenters. The van der Waals surface area contributed by atoms with Crippen LogP contribution in [0.1, 0.15) is 52.6 Å². The normalized spacial score (nSPS) is 11.6. The van der Waals surface area contributed by atoms with Crippen LogP contribution < -0.4 is 35.8 Å². The Balaban J connectivity index is 0.000000228. The maximum atomic E-state index is 13.3. The van der Waals surface area contributed by atoms with Crippen LogP contribution in [0.5, 0.6) is 5.75 Å². The van der Waals surface area contributed by atoms with E-state index in [1.54, 1.807) is 104 Å². The lowest BCUT2D eigenvalue weighted by Crippen LogP contribution is -2.23. The van der Waals surface area contributed by atoms with Crippen molar-refractivity contribution in [2.24, 2.45) is 4.99 Å². The number of nitrogens with one attached hydrogen (secondary N) is 5. The van der Waals surface area contributed by atoms with Gasteiger partial charge in [0.2, 0.25) is 0 Å². The Bertz CT molecular complexity index is 2870. The fourth-order valence-corrected chi connectivity index (χ4v) is 6.96. The molecule has 4 amide bonds. The van der Waals surface area contributed by atoms with Crippen molar-refractivity contribution in [3.05, 3.63) is 159 Å². The van der Waals surface area contributed by atoms with Crippen LogP contribution in [0.2, 0.25) is 10.0 Å². The van der Waals surface area contributed by atoms with Gasteiger partial charge in [-0.2, -0.15) is 0 Å². The summed E-state index contributed by atoms with van der Waals surface area (Å²) in [5.41, 5.74) is 5.14. The number of anilines is 6. The SMILES string of the molecule is CN(C)C(=N)c1ccc(C(=O)Nc2ccc(N(C)C)cc2C(=O)Nc2ccc(Cl)cn2)cc1.COc1cc(N(C)C)cc(C(=O)Nc2ccc(Cl)cn2)c1NC(=O)c1ccc(C2=NCCN2C)cc1. The molecule has 69 heavy (non-hydrogen) atoms. The molecule has 0 fully saturated rings. The first-order valence-electron chi connectivity index (χ1n) is 21.3. The van der Waals surface area contributed by atoms with Crippen molar-refractivity contribution < 1.29 is 23.9 Å². The molecular formula is C50H52Cl2N12O5. The fraction of sp³-hybridized carbons (Fsp3) is 0.200. The van der Waals surface area contributed by atoms with E-state index in [0.717, 1.165) is 35.9 Å². The quantitative estimate of drug-likeness (QED) is 0.0552. The Kier molecular flexibility index (Phi) is 16.5. The van der Waals surface area contributed by atoms with E-state index < -0.39 is 11.8 Å². The average molecular weight is 972 g/mol. The van der Waals surface area contributed by atoms with Crippen LogP contribution in [0.15, 0.2) is 121 Å². The minimum absolute atomic E-state index is 0.224. The number of methoxy groups -OCH3 is 1. The maximum Gasteiger partial charge on any atom is 0.259 e. The van der Waals surface area contributed by atoms with E-state index in [4.69, 9.17) is 33.3 Å². The monoisotopic (exact) mass is 970 g/mol. The van der Waals surface area contributed by atoms with Crippen molar-refractivity contribution in [2.45, 2.75) is 0 Å². The van der Waals surface area contributed by atoms with Crippen LogP contribution >= 0.6 is 23.2 Å². The van der Waals surface area contributed by atoms with Gasteiger partial charge in [-0.25, -0.2) is 9.97 Å². The molecule has 17 nitrogen and oxygen atoms in total. The third-order valence-corrected chi connectivity index (χ3v) is 11.0. The van der Waals surface area contributed by atoms with Crippen molar-refractivity contribution in [1.82, 2.24) is 19.8 Å². The molecule has 3 heterocycles. The minimum atomic E-state index is -0.459. The van der Waals surface area contributed by atoms with Crippen LogP contribution in [0.3, 0.4) is 0 Å². The molecular weight excluding hydrogens is 920 g/mol. The van der Waals surface area contributed by atoms with Gasteiger partial charge in [-0.1, -0.05) is 47.5 Å². The van der Waals surface area contributed by atoms with Gasteiger partial charge in [0, 0.05) is 108 Å². The number of aromatic nitrogens is 2. The second-order valence-corrected chi connectivity index (χ2v) is 17.0. The standard InChI is InChI=1S/C26H27ClN6O3.C24H25ClN6O2/c1-32(2)19-13-20(26(35)30-22-10-9-18(27)15-29-22)23(21(14-19)36-4)31-25(34)17-7-5-16(6-8-17)24-28-11-12-33(24)3;1-30(2)18-10-11-20(19(13-18)24(33)29-21-12-9-17(25)14-27-21)28-23(32)16-7-5-15(6-8-16)22(26)31(3)4/h5-10,13-15H,11-12H2,1-4H3,(H,31,34)(H,29,30,35);5-14,26H,1-4H3,(H,28,32)(H,27,29,33). The molecule has 0 saturated heterocycles. The summed E-state index contributed by atoms with van der Waals surface area (Å²) >= 11 is 11.8. The molecule has 0 bridgehead atoms. The number of benzene rings is 4. The number of amides is 4. The second kappa shape index (κ2) is 22.6. The number of amidine groups is 2. The second-order valence-electron chi connectivity index (χ2n) is 16.2. The zero-order valence-corrected chi connectivity index (χ0v) is 40.8. The van der Waals surface area contributed by atoms with Gasteiger partial charge in [0.1, 0.15) is 29.1 Å². The number of aliphatic imine (C=N–C) groups is 1.